The molecule has 1 fully saturated rings. The monoisotopic (exact) mass is 351 g/mol. The van der Waals surface area contributed by atoms with Gasteiger partial charge in [0, 0.05) is 17.0 Å². The maximum absolute atomic E-state index is 12.7. The number of Topliss-reactive ketones (excluding diaryl/α,β-unsaturated/α-hetero) is 1. The fourth-order valence-corrected chi connectivity index (χ4v) is 4.09. The van der Waals surface area contributed by atoms with Crippen molar-refractivity contribution in [1.29, 1.82) is 0 Å². The molecule has 1 aliphatic rings. The fraction of sp³-hybridized carbons (Fsp3) is 0.458. The number of carbonyl (C=O) groups excluding carboxylic acids is 1. The highest BCUT2D eigenvalue weighted by Crippen LogP contribution is 2.39. The first kappa shape index (κ1) is 20.4. The highest BCUT2D eigenvalue weighted by molar-refractivity contribution is 5.97. The quantitative estimate of drug-likeness (QED) is 0.620. The number of likely N-dealkylation sites (tertiary alicyclic amines) is 1. The molecule has 0 aromatic heterocycles. The van der Waals surface area contributed by atoms with Crippen molar-refractivity contribution in [2.45, 2.75) is 58.4 Å². The Labute approximate surface area is 159 Å². The van der Waals surface area contributed by atoms with E-state index in [0.29, 0.717) is 12.6 Å². The van der Waals surface area contributed by atoms with Crippen LogP contribution in [0.3, 0.4) is 0 Å². The van der Waals surface area contributed by atoms with E-state index in [1.807, 2.05) is 44.2 Å². The van der Waals surface area contributed by atoms with Gasteiger partial charge in [-0.25, -0.2) is 0 Å². The zero-order chi connectivity index (χ0) is 19.0. The van der Waals surface area contributed by atoms with Crippen molar-refractivity contribution in [2.24, 2.45) is 0 Å². The van der Waals surface area contributed by atoms with Gasteiger partial charge in [0.15, 0.2) is 5.78 Å². The van der Waals surface area contributed by atoms with Gasteiger partial charge in [0.2, 0.25) is 0 Å². The Bertz CT molecular complexity index is 667. The van der Waals surface area contributed by atoms with Gasteiger partial charge < -0.3 is 0 Å². The summed E-state index contributed by atoms with van der Waals surface area (Å²) in [7, 11) is 0. The van der Waals surface area contributed by atoms with Crippen LogP contribution in [-0.4, -0.2) is 29.8 Å². The third-order valence-corrected chi connectivity index (χ3v) is 5.71. The average molecular weight is 352 g/mol. The van der Waals surface area contributed by atoms with Gasteiger partial charge in [-0.15, -0.1) is 0 Å². The summed E-state index contributed by atoms with van der Waals surface area (Å²) in [4.78, 5) is 15.1. The minimum Gasteiger partial charge on any atom is -0.293 e. The van der Waals surface area contributed by atoms with E-state index in [2.05, 4.69) is 49.1 Å². The summed E-state index contributed by atoms with van der Waals surface area (Å²) in [6.45, 7) is 10.2. The lowest BCUT2D eigenvalue weighted by atomic mass is 9.73. The summed E-state index contributed by atoms with van der Waals surface area (Å²) in [5, 5.41) is 0. The fourth-order valence-electron chi connectivity index (χ4n) is 4.09. The molecular formula is C24H33NO. The molecule has 26 heavy (non-hydrogen) atoms. The molecule has 0 aliphatic carbocycles. The van der Waals surface area contributed by atoms with Crippen molar-refractivity contribution in [2.75, 3.05) is 13.1 Å². The predicted octanol–water partition coefficient (Wildman–Crippen LogP) is 5.73. The minimum absolute atomic E-state index is 0.0920. The van der Waals surface area contributed by atoms with E-state index in [1.165, 1.54) is 18.4 Å². The highest BCUT2D eigenvalue weighted by atomic mass is 16.1. The SMILES string of the molecule is CC.CC[C@](C)(c1ccccc1)C1CCCN1CC(=O)c1ccccc1. The molecule has 0 N–H and O–H groups in total. The van der Waals surface area contributed by atoms with Gasteiger partial charge in [0.05, 0.1) is 6.54 Å². The van der Waals surface area contributed by atoms with E-state index in [4.69, 9.17) is 0 Å². The van der Waals surface area contributed by atoms with Gasteiger partial charge >= 0.3 is 0 Å². The third-order valence-electron chi connectivity index (χ3n) is 5.71. The molecule has 3 rings (SSSR count). The second kappa shape index (κ2) is 9.68. The molecule has 1 saturated heterocycles. The molecular weight excluding hydrogens is 318 g/mol. The van der Waals surface area contributed by atoms with E-state index in [1.54, 1.807) is 0 Å². The summed E-state index contributed by atoms with van der Waals surface area (Å²) in [5.41, 5.74) is 2.30. The normalized spacial score (nSPS) is 19.3. The van der Waals surface area contributed by atoms with Crippen LogP contribution >= 0.6 is 0 Å². The molecule has 1 unspecified atom stereocenters. The molecule has 2 nitrogen and oxygen atoms in total. The zero-order valence-electron chi connectivity index (χ0n) is 16.7. The van der Waals surface area contributed by atoms with Crippen LogP contribution in [0.4, 0.5) is 0 Å². The van der Waals surface area contributed by atoms with Gasteiger partial charge in [-0.3, -0.25) is 9.69 Å². The predicted molar refractivity (Wildman–Crippen MR) is 111 cm³/mol. The number of rotatable bonds is 6. The largest absolute Gasteiger partial charge is 0.293 e. The van der Waals surface area contributed by atoms with Crippen molar-refractivity contribution in [3.8, 4) is 0 Å². The first-order chi connectivity index (χ1) is 12.6. The lowest BCUT2D eigenvalue weighted by Crippen LogP contribution is -2.47. The van der Waals surface area contributed by atoms with Crippen LogP contribution in [0, 0.1) is 0 Å². The standard InChI is InChI=1S/C22H27NO.C2H6/c1-3-22(2,19-13-8-5-9-14-19)21-15-10-16-23(21)17-20(24)18-11-6-4-7-12-18;1-2/h4-9,11-14,21H,3,10,15-17H2,1-2H3;1-2H3/t21?,22-;/m1./s1. The van der Waals surface area contributed by atoms with Crippen molar-refractivity contribution in [3.05, 3.63) is 71.8 Å². The smallest absolute Gasteiger partial charge is 0.176 e. The first-order valence-corrected chi connectivity index (χ1v) is 10.0. The van der Waals surface area contributed by atoms with E-state index in [-0.39, 0.29) is 11.2 Å². The lowest BCUT2D eigenvalue weighted by molar-refractivity contribution is 0.0878. The number of nitrogens with zero attached hydrogens (tertiary/aromatic N) is 1. The molecule has 0 radical (unpaired) electrons. The van der Waals surface area contributed by atoms with Crippen LogP contribution < -0.4 is 0 Å². The van der Waals surface area contributed by atoms with Crippen molar-refractivity contribution >= 4 is 5.78 Å². The van der Waals surface area contributed by atoms with Gasteiger partial charge in [0.25, 0.3) is 0 Å². The molecule has 2 atom stereocenters. The number of hydrogen-bond donors (Lipinski definition) is 0. The minimum atomic E-state index is 0.0920. The van der Waals surface area contributed by atoms with E-state index in [9.17, 15) is 4.79 Å². The van der Waals surface area contributed by atoms with Gasteiger partial charge in [-0.05, 0) is 31.4 Å². The van der Waals surface area contributed by atoms with E-state index < -0.39 is 0 Å². The summed E-state index contributed by atoms with van der Waals surface area (Å²) in [5.74, 6) is 0.231. The number of ketones is 1. The Morgan fingerprint density at radius 3 is 2.19 bits per heavy atom. The highest BCUT2D eigenvalue weighted by Gasteiger charge is 2.41. The van der Waals surface area contributed by atoms with Crippen molar-refractivity contribution in [1.82, 2.24) is 4.90 Å². The Morgan fingerprint density at radius 2 is 1.62 bits per heavy atom. The van der Waals surface area contributed by atoms with Gasteiger partial charge in [-0.1, -0.05) is 88.4 Å². The molecule has 140 valence electrons. The first-order valence-electron chi connectivity index (χ1n) is 10.0. The van der Waals surface area contributed by atoms with Gasteiger partial charge in [0.1, 0.15) is 0 Å². The summed E-state index contributed by atoms with van der Waals surface area (Å²) >= 11 is 0. The molecule has 2 heteroatoms. The van der Waals surface area contributed by atoms with Crippen LogP contribution in [0.15, 0.2) is 60.7 Å². The maximum Gasteiger partial charge on any atom is 0.176 e. The lowest BCUT2D eigenvalue weighted by Gasteiger charge is -2.40. The molecule has 0 saturated carbocycles. The van der Waals surface area contributed by atoms with E-state index in [0.717, 1.165) is 18.5 Å². The Balaban J connectivity index is 0.00000117. The van der Waals surface area contributed by atoms with Crippen LogP contribution in [0.1, 0.15) is 62.9 Å². The molecule has 2 aromatic rings. The molecule has 0 bridgehead atoms. The van der Waals surface area contributed by atoms with Gasteiger partial charge in [-0.2, -0.15) is 0 Å². The molecule has 2 aromatic carbocycles. The van der Waals surface area contributed by atoms with E-state index >= 15 is 0 Å². The van der Waals surface area contributed by atoms with Crippen LogP contribution in [0.5, 0.6) is 0 Å². The molecule has 1 heterocycles. The number of benzene rings is 2. The third kappa shape index (κ3) is 4.42. The van der Waals surface area contributed by atoms with Crippen LogP contribution in [0.25, 0.3) is 0 Å². The van der Waals surface area contributed by atoms with Crippen LogP contribution in [-0.2, 0) is 5.41 Å². The second-order valence-corrected chi connectivity index (χ2v) is 7.05. The van der Waals surface area contributed by atoms with Crippen molar-refractivity contribution < 1.29 is 4.79 Å². The van der Waals surface area contributed by atoms with Crippen LogP contribution in [0.2, 0.25) is 0 Å². The molecule has 1 aliphatic heterocycles. The molecule has 0 amide bonds. The second-order valence-electron chi connectivity index (χ2n) is 7.05. The summed E-state index contributed by atoms with van der Waals surface area (Å²) < 4.78 is 0. The number of hydrogen-bond acceptors (Lipinski definition) is 2. The zero-order valence-corrected chi connectivity index (χ0v) is 16.7. The Hall–Kier alpha value is -1.93. The maximum atomic E-state index is 12.7. The Morgan fingerprint density at radius 1 is 1.04 bits per heavy atom. The van der Waals surface area contributed by atoms with Crippen molar-refractivity contribution in [3.63, 3.8) is 0 Å². The summed E-state index contributed by atoms with van der Waals surface area (Å²) in [6.07, 6.45) is 3.42. The number of carbonyl (C=O) groups is 1. The topological polar surface area (TPSA) is 20.3 Å². The summed E-state index contributed by atoms with van der Waals surface area (Å²) in [6, 6.07) is 20.9. The average Bonchev–Trinajstić information content (AvgIpc) is 3.19. The molecule has 0 spiro atoms. The Kier molecular flexibility index (Phi) is 7.59.